The number of halogens is 1. The molecule has 0 aliphatic rings. The van der Waals surface area contributed by atoms with E-state index in [2.05, 4.69) is 13.8 Å². The Bertz CT molecular complexity index is 305. The Morgan fingerprint density at radius 2 is 1.93 bits per heavy atom. The van der Waals surface area contributed by atoms with E-state index in [0.717, 1.165) is 30.8 Å². The van der Waals surface area contributed by atoms with Crippen molar-refractivity contribution in [3.05, 3.63) is 28.8 Å². The van der Waals surface area contributed by atoms with E-state index in [9.17, 15) is 0 Å². The largest absolute Gasteiger partial charge is 0.492 e. The first kappa shape index (κ1) is 12.4. The first-order valence-electron chi connectivity index (χ1n) is 5.56. The molecule has 0 aliphatic carbocycles. The fourth-order valence-corrected chi connectivity index (χ4v) is 1.74. The molecular formula is C13H19ClO. The van der Waals surface area contributed by atoms with Gasteiger partial charge in [-0.2, -0.15) is 0 Å². The van der Waals surface area contributed by atoms with Gasteiger partial charge in [-0.25, -0.2) is 0 Å². The van der Waals surface area contributed by atoms with Crippen molar-refractivity contribution in [2.45, 2.75) is 33.6 Å². The fraction of sp³-hybridized carbons (Fsp3) is 0.538. The predicted molar refractivity (Wildman–Crippen MR) is 65.8 cm³/mol. The Hall–Kier alpha value is -0.690. The summed E-state index contributed by atoms with van der Waals surface area (Å²) in [5, 5.41) is 0.709. The average molecular weight is 227 g/mol. The summed E-state index contributed by atoms with van der Waals surface area (Å²) in [4.78, 5) is 0. The lowest BCUT2D eigenvalue weighted by atomic mass is 10.1. The molecule has 0 aliphatic heterocycles. The van der Waals surface area contributed by atoms with Crippen molar-refractivity contribution in [3.63, 3.8) is 0 Å². The molecule has 0 atom stereocenters. The molecule has 0 fully saturated rings. The van der Waals surface area contributed by atoms with Gasteiger partial charge in [-0.15, -0.1) is 0 Å². The highest BCUT2D eigenvalue weighted by Crippen LogP contribution is 2.26. The Balaban J connectivity index is 2.57. The van der Waals surface area contributed by atoms with E-state index in [1.54, 1.807) is 0 Å². The van der Waals surface area contributed by atoms with Crippen molar-refractivity contribution >= 4 is 11.6 Å². The van der Waals surface area contributed by atoms with Gasteiger partial charge in [0.1, 0.15) is 5.75 Å². The molecule has 0 aromatic heterocycles. The molecule has 0 unspecified atom stereocenters. The molecule has 15 heavy (non-hydrogen) atoms. The van der Waals surface area contributed by atoms with Crippen LogP contribution in [0, 0.1) is 12.8 Å². The van der Waals surface area contributed by atoms with Crippen molar-refractivity contribution in [2.24, 2.45) is 5.92 Å². The Kier molecular flexibility index (Phi) is 4.97. The predicted octanol–water partition coefficient (Wildman–Crippen LogP) is 4.46. The summed E-state index contributed by atoms with van der Waals surface area (Å²) in [6.45, 7) is 7.16. The molecule has 0 saturated heterocycles. The number of ether oxygens (including phenoxy) is 1. The minimum absolute atomic E-state index is 0.627. The lowest BCUT2D eigenvalue weighted by Gasteiger charge is -2.14. The van der Waals surface area contributed by atoms with Gasteiger partial charge in [0.2, 0.25) is 0 Å². The lowest BCUT2D eigenvalue weighted by Crippen LogP contribution is -2.10. The van der Waals surface area contributed by atoms with Gasteiger partial charge in [0.15, 0.2) is 0 Å². The second kappa shape index (κ2) is 6.02. The van der Waals surface area contributed by atoms with Crippen molar-refractivity contribution < 1.29 is 4.74 Å². The normalized spacial score (nSPS) is 10.7. The van der Waals surface area contributed by atoms with E-state index >= 15 is 0 Å². The maximum absolute atomic E-state index is 6.07. The Morgan fingerprint density at radius 1 is 1.27 bits per heavy atom. The third-order valence-corrected chi connectivity index (χ3v) is 3.01. The average Bonchev–Trinajstić information content (AvgIpc) is 2.22. The summed E-state index contributed by atoms with van der Waals surface area (Å²) in [7, 11) is 0. The van der Waals surface area contributed by atoms with Gasteiger partial charge in [-0.3, -0.25) is 0 Å². The number of hydrogen-bond acceptors (Lipinski definition) is 1. The van der Waals surface area contributed by atoms with Gasteiger partial charge in [-0.1, -0.05) is 44.4 Å². The molecule has 1 aromatic rings. The van der Waals surface area contributed by atoms with Gasteiger partial charge < -0.3 is 4.74 Å². The molecule has 84 valence electrons. The van der Waals surface area contributed by atoms with Gasteiger partial charge in [0.25, 0.3) is 0 Å². The number of rotatable bonds is 5. The zero-order valence-electron chi connectivity index (χ0n) is 9.72. The smallest absolute Gasteiger partial charge is 0.137 e. The SMILES string of the molecule is CCC(CC)COc1ccc(C)cc1Cl. The maximum Gasteiger partial charge on any atom is 0.137 e. The van der Waals surface area contributed by atoms with E-state index in [4.69, 9.17) is 16.3 Å². The van der Waals surface area contributed by atoms with E-state index in [1.165, 1.54) is 0 Å². The Labute approximate surface area is 97.4 Å². The van der Waals surface area contributed by atoms with Crippen LogP contribution in [0.25, 0.3) is 0 Å². The third-order valence-electron chi connectivity index (χ3n) is 2.72. The summed E-state index contributed by atoms with van der Waals surface area (Å²) < 4.78 is 5.70. The van der Waals surface area contributed by atoms with Crippen LogP contribution < -0.4 is 4.74 Å². The van der Waals surface area contributed by atoms with Crippen LogP contribution in [0.1, 0.15) is 32.3 Å². The van der Waals surface area contributed by atoms with Crippen LogP contribution in [-0.2, 0) is 0 Å². The third kappa shape index (κ3) is 3.75. The Morgan fingerprint density at radius 3 is 2.47 bits per heavy atom. The monoisotopic (exact) mass is 226 g/mol. The number of aryl methyl sites for hydroxylation is 1. The molecule has 0 radical (unpaired) electrons. The maximum atomic E-state index is 6.07. The highest BCUT2D eigenvalue weighted by molar-refractivity contribution is 6.32. The molecule has 2 heteroatoms. The molecule has 0 spiro atoms. The summed E-state index contributed by atoms with van der Waals surface area (Å²) in [6, 6.07) is 5.90. The summed E-state index contributed by atoms with van der Waals surface area (Å²) in [6.07, 6.45) is 2.31. The zero-order valence-corrected chi connectivity index (χ0v) is 10.5. The second-order valence-corrected chi connectivity index (χ2v) is 4.33. The highest BCUT2D eigenvalue weighted by atomic mass is 35.5. The first-order chi connectivity index (χ1) is 7.17. The fourth-order valence-electron chi connectivity index (χ4n) is 1.45. The second-order valence-electron chi connectivity index (χ2n) is 3.93. The molecule has 0 heterocycles. The van der Waals surface area contributed by atoms with E-state index < -0.39 is 0 Å². The molecule has 0 N–H and O–H groups in total. The lowest BCUT2D eigenvalue weighted by molar-refractivity contribution is 0.240. The van der Waals surface area contributed by atoms with Gasteiger partial charge >= 0.3 is 0 Å². The topological polar surface area (TPSA) is 9.23 Å². The van der Waals surface area contributed by atoms with Crippen LogP contribution in [-0.4, -0.2) is 6.61 Å². The van der Waals surface area contributed by atoms with Crippen LogP contribution in [0.2, 0.25) is 5.02 Å². The van der Waals surface area contributed by atoms with Crippen LogP contribution in [0.4, 0.5) is 0 Å². The molecule has 0 bridgehead atoms. The van der Waals surface area contributed by atoms with Crippen LogP contribution >= 0.6 is 11.6 Å². The summed E-state index contributed by atoms with van der Waals surface area (Å²) in [5.74, 6) is 1.43. The molecule has 1 nitrogen and oxygen atoms in total. The van der Waals surface area contributed by atoms with E-state index in [0.29, 0.717) is 10.9 Å². The number of benzene rings is 1. The van der Waals surface area contributed by atoms with Gasteiger partial charge in [0.05, 0.1) is 11.6 Å². The number of hydrogen-bond donors (Lipinski definition) is 0. The zero-order chi connectivity index (χ0) is 11.3. The minimum atomic E-state index is 0.627. The quantitative estimate of drug-likeness (QED) is 0.720. The minimum Gasteiger partial charge on any atom is -0.492 e. The van der Waals surface area contributed by atoms with Crippen LogP contribution in [0.5, 0.6) is 5.75 Å². The van der Waals surface area contributed by atoms with Crippen molar-refractivity contribution in [3.8, 4) is 5.75 Å². The molecule has 1 aromatic carbocycles. The molecule has 0 amide bonds. The van der Waals surface area contributed by atoms with Crippen molar-refractivity contribution in [2.75, 3.05) is 6.61 Å². The molecule has 0 saturated carbocycles. The van der Waals surface area contributed by atoms with E-state index in [-0.39, 0.29) is 0 Å². The van der Waals surface area contributed by atoms with E-state index in [1.807, 2.05) is 25.1 Å². The molecule has 1 rings (SSSR count). The van der Waals surface area contributed by atoms with Crippen LogP contribution in [0.15, 0.2) is 18.2 Å². The van der Waals surface area contributed by atoms with Gasteiger partial charge in [-0.05, 0) is 30.5 Å². The summed E-state index contributed by atoms with van der Waals surface area (Å²) in [5.41, 5.74) is 1.16. The van der Waals surface area contributed by atoms with Crippen molar-refractivity contribution in [1.29, 1.82) is 0 Å². The van der Waals surface area contributed by atoms with Crippen LogP contribution in [0.3, 0.4) is 0 Å². The van der Waals surface area contributed by atoms with Crippen molar-refractivity contribution in [1.82, 2.24) is 0 Å². The van der Waals surface area contributed by atoms with Gasteiger partial charge in [0, 0.05) is 0 Å². The highest BCUT2D eigenvalue weighted by Gasteiger charge is 2.06. The standard InChI is InChI=1S/C13H19ClO/c1-4-11(5-2)9-15-13-7-6-10(3)8-12(13)14/h6-8,11H,4-5,9H2,1-3H3. The molecular weight excluding hydrogens is 208 g/mol. The first-order valence-corrected chi connectivity index (χ1v) is 5.94. The summed E-state index contributed by atoms with van der Waals surface area (Å²) >= 11 is 6.07.